The molecule has 144 valence electrons. The van der Waals surface area contributed by atoms with E-state index in [1.165, 1.54) is 12.1 Å². The Bertz CT molecular complexity index is 957. The lowest BCUT2D eigenvalue weighted by Gasteiger charge is -2.30. The standard InChI is InChI=1S/C21H23N5O2/c1-3-18-13-25(2)19-10-5-4-7-16(19)12-26(18)21(27)23-17-9-6-8-15(11-17)20-24-22-14-28-20/h4-11,14,18H,3,12-13H2,1-2H3,(H,23,27)/t18-/m1/s1. The van der Waals surface area contributed by atoms with E-state index < -0.39 is 0 Å². The summed E-state index contributed by atoms with van der Waals surface area (Å²) < 4.78 is 5.25. The molecule has 0 radical (unpaired) electrons. The van der Waals surface area contributed by atoms with Crippen molar-refractivity contribution in [2.24, 2.45) is 0 Å². The molecular weight excluding hydrogens is 354 g/mol. The van der Waals surface area contributed by atoms with Gasteiger partial charge in [-0.25, -0.2) is 4.79 Å². The van der Waals surface area contributed by atoms with Crippen LogP contribution in [0.5, 0.6) is 0 Å². The molecule has 0 aliphatic carbocycles. The summed E-state index contributed by atoms with van der Waals surface area (Å²) in [4.78, 5) is 17.3. The van der Waals surface area contributed by atoms with E-state index in [4.69, 9.17) is 4.42 Å². The molecular formula is C21H23N5O2. The second-order valence-electron chi connectivity index (χ2n) is 6.95. The lowest BCUT2D eigenvalue weighted by Crippen LogP contribution is -2.45. The number of nitrogens with zero attached hydrogens (tertiary/aromatic N) is 4. The molecule has 2 heterocycles. The number of rotatable bonds is 3. The summed E-state index contributed by atoms with van der Waals surface area (Å²) in [7, 11) is 2.08. The highest BCUT2D eigenvalue weighted by molar-refractivity contribution is 5.90. The first-order valence-electron chi connectivity index (χ1n) is 9.39. The van der Waals surface area contributed by atoms with Crippen molar-refractivity contribution in [3.05, 3.63) is 60.5 Å². The van der Waals surface area contributed by atoms with Crippen LogP contribution in [0, 0.1) is 0 Å². The van der Waals surface area contributed by atoms with Crippen molar-refractivity contribution in [3.8, 4) is 11.5 Å². The van der Waals surface area contributed by atoms with Gasteiger partial charge in [-0.2, -0.15) is 0 Å². The SMILES string of the molecule is CC[C@@H]1CN(C)c2ccccc2CN1C(=O)Nc1cccc(-c2nnco2)c1. The van der Waals surface area contributed by atoms with Gasteiger partial charge in [0.05, 0.1) is 6.04 Å². The second-order valence-corrected chi connectivity index (χ2v) is 6.95. The molecule has 0 bridgehead atoms. The number of hydrogen-bond donors (Lipinski definition) is 1. The second kappa shape index (κ2) is 7.72. The van der Waals surface area contributed by atoms with E-state index in [1.54, 1.807) is 0 Å². The summed E-state index contributed by atoms with van der Waals surface area (Å²) in [6.07, 6.45) is 2.17. The number of likely N-dealkylation sites (N-methyl/N-ethyl adjacent to an activating group) is 1. The van der Waals surface area contributed by atoms with E-state index in [2.05, 4.69) is 46.5 Å². The van der Waals surface area contributed by atoms with Gasteiger partial charge in [0.2, 0.25) is 12.3 Å². The third kappa shape index (κ3) is 3.55. The van der Waals surface area contributed by atoms with E-state index in [1.807, 2.05) is 41.3 Å². The molecule has 0 fully saturated rings. The van der Waals surface area contributed by atoms with Gasteiger partial charge in [-0.3, -0.25) is 0 Å². The third-order valence-electron chi connectivity index (χ3n) is 5.12. The first-order chi connectivity index (χ1) is 13.7. The molecule has 1 aliphatic heterocycles. The Labute approximate surface area is 164 Å². The highest BCUT2D eigenvalue weighted by atomic mass is 16.4. The third-order valence-corrected chi connectivity index (χ3v) is 5.12. The van der Waals surface area contributed by atoms with Crippen LogP contribution in [0.4, 0.5) is 16.2 Å². The molecule has 1 N–H and O–H groups in total. The minimum absolute atomic E-state index is 0.111. The van der Waals surface area contributed by atoms with E-state index in [0.29, 0.717) is 18.1 Å². The quantitative estimate of drug-likeness (QED) is 0.747. The summed E-state index contributed by atoms with van der Waals surface area (Å²) in [6, 6.07) is 15.7. The molecule has 1 aliphatic rings. The smallest absolute Gasteiger partial charge is 0.322 e. The number of hydrogen-bond acceptors (Lipinski definition) is 5. The molecule has 7 nitrogen and oxygen atoms in total. The maximum absolute atomic E-state index is 13.1. The van der Waals surface area contributed by atoms with Gasteiger partial charge < -0.3 is 19.5 Å². The normalized spacial score (nSPS) is 16.4. The number of amides is 2. The number of fused-ring (bicyclic) bond motifs is 1. The molecule has 2 amide bonds. The zero-order valence-corrected chi connectivity index (χ0v) is 16.0. The first-order valence-corrected chi connectivity index (χ1v) is 9.39. The maximum atomic E-state index is 13.1. The van der Waals surface area contributed by atoms with Crippen LogP contribution in [-0.4, -0.2) is 40.8 Å². The van der Waals surface area contributed by atoms with E-state index in [0.717, 1.165) is 24.1 Å². The predicted octanol–water partition coefficient (Wildman–Crippen LogP) is 4.00. The topological polar surface area (TPSA) is 74.5 Å². The number of nitrogens with one attached hydrogen (secondary N) is 1. The van der Waals surface area contributed by atoms with E-state index in [-0.39, 0.29) is 12.1 Å². The van der Waals surface area contributed by atoms with Crippen LogP contribution in [0.1, 0.15) is 18.9 Å². The molecule has 2 aromatic carbocycles. The Hall–Kier alpha value is -3.35. The number of carbonyl (C=O) groups is 1. The molecule has 7 heteroatoms. The van der Waals surface area contributed by atoms with Crippen molar-refractivity contribution in [1.82, 2.24) is 15.1 Å². The Kier molecular flexibility index (Phi) is 4.97. The molecule has 4 rings (SSSR count). The number of urea groups is 1. The molecule has 3 aromatic rings. The van der Waals surface area contributed by atoms with Crippen molar-refractivity contribution >= 4 is 17.4 Å². The van der Waals surface area contributed by atoms with Crippen LogP contribution in [0.25, 0.3) is 11.5 Å². The number of benzene rings is 2. The molecule has 1 atom stereocenters. The average Bonchev–Trinajstić information content (AvgIpc) is 3.21. The highest BCUT2D eigenvalue weighted by Gasteiger charge is 2.28. The Morgan fingerprint density at radius 3 is 2.89 bits per heavy atom. The number of carbonyl (C=O) groups excluding carboxylic acids is 1. The zero-order valence-electron chi connectivity index (χ0n) is 16.0. The Morgan fingerprint density at radius 1 is 1.25 bits per heavy atom. The van der Waals surface area contributed by atoms with Gasteiger partial charge >= 0.3 is 6.03 Å². The van der Waals surface area contributed by atoms with Crippen molar-refractivity contribution < 1.29 is 9.21 Å². The van der Waals surface area contributed by atoms with Crippen LogP contribution in [0.2, 0.25) is 0 Å². The van der Waals surface area contributed by atoms with Gasteiger partial charge in [-0.05, 0) is 36.2 Å². The zero-order chi connectivity index (χ0) is 19.5. The van der Waals surface area contributed by atoms with Gasteiger partial charge in [-0.1, -0.05) is 31.2 Å². The summed E-state index contributed by atoms with van der Waals surface area (Å²) in [5.74, 6) is 0.424. The molecule has 1 aromatic heterocycles. The van der Waals surface area contributed by atoms with Crippen LogP contribution < -0.4 is 10.2 Å². The fraction of sp³-hybridized carbons (Fsp3) is 0.286. The summed E-state index contributed by atoms with van der Waals surface area (Å²) in [5.41, 5.74) is 3.79. The average molecular weight is 377 g/mol. The summed E-state index contributed by atoms with van der Waals surface area (Å²) in [6.45, 7) is 3.49. The van der Waals surface area contributed by atoms with Gasteiger partial charge in [0.1, 0.15) is 0 Å². The minimum atomic E-state index is -0.111. The fourth-order valence-electron chi connectivity index (χ4n) is 3.65. The maximum Gasteiger partial charge on any atom is 0.322 e. The van der Waals surface area contributed by atoms with E-state index in [9.17, 15) is 4.79 Å². The van der Waals surface area contributed by atoms with Gasteiger partial charge in [-0.15, -0.1) is 10.2 Å². The van der Waals surface area contributed by atoms with Gasteiger partial charge in [0.25, 0.3) is 0 Å². The summed E-state index contributed by atoms with van der Waals surface area (Å²) >= 11 is 0. The highest BCUT2D eigenvalue weighted by Crippen LogP contribution is 2.28. The predicted molar refractivity (Wildman–Crippen MR) is 108 cm³/mol. The van der Waals surface area contributed by atoms with E-state index >= 15 is 0 Å². The molecule has 0 saturated carbocycles. The van der Waals surface area contributed by atoms with Crippen molar-refractivity contribution in [2.45, 2.75) is 25.9 Å². The van der Waals surface area contributed by atoms with Crippen molar-refractivity contribution in [2.75, 3.05) is 23.8 Å². The van der Waals surface area contributed by atoms with Crippen LogP contribution in [-0.2, 0) is 6.54 Å². The largest absolute Gasteiger partial charge is 0.423 e. The van der Waals surface area contributed by atoms with Crippen LogP contribution in [0.15, 0.2) is 59.3 Å². The van der Waals surface area contributed by atoms with Crippen molar-refractivity contribution in [3.63, 3.8) is 0 Å². The van der Waals surface area contributed by atoms with Gasteiger partial charge in [0, 0.05) is 37.1 Å². The number of aromatic nitrogens is 2. The van der Waals surface area contributed by atoms with Crippen LogP contribution >= 0.6 is 0 Å². The molecule has 0 spiro atoms. The first kappa shape index (κ1) is 18.0. The number of para-hydroxylation sites is 1. The van der Waals surface area contributed by atoms with Crippen molar-refractivity contribution in [1.29, 1.82) is 0 Å². The Balaban J connectivity index is 1.57. The molecule has 28 heavy (non-hydrogen) atoms. The lowest BCUT2D eigenvalue weighted by molar-refractivity contribution is 0.185. The van der Waals surface area contributed by atoms with Crippen LogP contribution in [0.3, 0.4) is 0 Å². The van der Waals surface area contributed by atoms with Gasteiger partial charge in [0.15, 0.2) is 0 Å². The minimum Gasteiger partial charge on any atom is -0.423 e. The Morgan fingerprint density at radius 2 is 2.11 bits per heavy atom. The molecule has 0 unspecified atom stereocenters. The lowest BCUT2D eigenvalue weighted by atomic mass is 10.1. The number of anilines is 2. The molecule has 0 saturated heterocycles. The monoisotopic (exact) mass is 377 g/mol. The fourth-order valence-corrected chi connectivity index (χ4v) is 3.65. The summed E-state index contributed by atoms with van der Waals surface area (Å²) in [5, 5.41) is 10.7.